The fourth-order valence-corrected chi connectivity index (χ4v) is 1.14. The zero-order valence-electron chi connectivity index (χ0n) is 6.06. The molecule has 0 radical (unpaired) electrons. The normalized spacial score (nSPS) is 10.1. The number of phenolic OH excluding ortho intramolecular Hbond substituents is 1. The predicted molar refractivity (Wildman–Crippen MR) is 42.5 cm³/mol. The van der Waals surface area contributed by atoms with Crippen LogP contribution in [0.15, 0.2) is 12.1 Å². The van der Waals surface area contributed by atoms with Crippen molar-refractivity contribution in [1.82, 2.24) is 0 Å². The summed E-state index contributed by atoms with van der Waals surface area (Å²) in [5, 5.41) is 9.29. The summed E-state index contributed by atoms with van der Waals surface area (Å²) in [7, 11) is 0. The van der Waals surface area contributed by atoms with Crippen LogP contribution in [0.25, 0.3) is 0 Å². The van der Waals surface area contributed by atoms with Crippen LogP contribution in [-0.2, 0) is 6.42 Å². The molecule has 0 spiro atoms. The van der Waals surface area contributed by atoms with Crippen LogP contribution in [0.4, 0.5) is 4.39 Å². The van der Waals surface area contributed by atoms with Gasteiger partial charge in [-0.05, 0) is 24.1 Å². The largest absolute Gasteiger partial charge is 0.505 e. The highest BCUT2D eigenvalue weighted by molar-refractivity contribution is 6.31. The van der Waals surface area contributed by atoms with Crippen LogP contribution < -0.4 is 0 Å². The van der Waals surface area contributed by atoms with E-state index >= 15 is 0 Å². The van der Waals surface area contributed by atoms with Gasteiger partial charge in [-0.3, -0.25) is 0 Å². The molecule has 0 heterocycles. The van der Waals surface area contributed by atoms with Gasteiger partial charge in [-0.25, -0.2) is 4.39 Å². The maximum absolute atomic E-state index is 12.6. The van der Waals surface area contributed by atoms with E-state index in [1.54, 1.807) is 0 Å². The van der Waals surface area contributed by atoms with Crippen molar-refractivity contribution in [3.63, 3.8) is 0 Å². The first-order valence-corrected chi connectivity index (χ1v) is 3.69. The zero-order chi connectivity index (χ0) is 8.43. The van der Waals surface area contributed by atoms with Gasteiger partial charge in [-0.2, -0.15) is 0 Å². The number of phenols is 1. The lowest BCUT2D eigenvalue weighted by Crippen LogP contribution is -1.84. The van der Waals surface area contributed by atoms with Gasteiger partial charge >= 0.3 is 0 Å². The van der Waals surface area contributed by atoms with Crippen LogP contribution in [0.5, 0.6) is 5.75 Å². The molecule has 1 N–H and O–H groups in total. The molecule has 0 saturated heterocycles. The summed E-state index contributed by atoms with van der Waals surface area (Å²) in [5.41, 5.74) is 0.755. The van der Waals surface area contributed by atoms with Crippen molar-refractivity contribution >= 4 is 11.6 Å². The van der Waals surface area contributed by atoms with Gasteiger partial charge in [0.1, 0.15) is 0 Å². The zero-order valence-corrected chi connectivity index (χ0v) is 6.82. The first-order valence-electron chi connectivity index (χ1n) is 3.32. The SMILES string of the molecule is CCc1cc(O)c(F)cc1Cl. The van der Waals surface area contributed by atoms with Crippen molar-refractivity contribution < 1.29 is 9.50 Å². The Bertz CT molecular complexity index is 273. The van der Waals surface area contributed by atoms with Crippen molar-refractivity contribution in [3.8, 4) is 5.75 Å². The average molecular weight is 175 g/mol. The number of aromatic hydroxyl groups is 1. The van der Waals surface area contributed by atoms with Gasteiger partial charge in [0, 0.05) is 5.02 Å². The van der Waals surface area contributed by atoms with Gasteiger partial charge < -0.3 is 5.11 Å². The number of benzene rings is 1. The molecule has 0 atom stereocenters. The van der Waals surface area contributed by atoms with Gasteiger partial charge in [0.25, 0.3) is 0 Å². The number of hydrogen-bond acceptors (Lipinski definition) is 1. The fourth-order valence-electron chi connectivity index (χ4n) is 0.852. The monoisotopic (exact) mass is 174 g/mol. The molecule has 1 nitrogen and oxygen atoms in total. The van der Waals surface area contributed by atoms with Crippen LogP contribution in [-0.4, -0.2) is 5.11 Å². The highest BCUT2D eigenvalue weighted by atomic mass is 35.5. The molecule has 0 fully saturated rings. The van der Waals surface area contributed by atoms with Crippen molar-refractivity contribution in [3.05, 3.63) is 28.5 Å². The van der Waals surface area contributed by atoms with Gasteiger partial charge in [-0.1, -0.05) is 18.5 Å². The van der Waals surface area contributed by atoms with Crippen LogP contribution in [0.2, 0.25) is 5.02 Å². The van der Waals surface area contributed by atoms with E-state index in [2.05, 4.69) is 0 Å². The molecule has 0 unspecified atom stereocenters. The maximum atomic E-state index is 12.6. The van der Waals surface area contributed by atoms with Gasteiger partial charge in [0.05, 0.1) is 0 Å². The molecule has 0 saturated carbocycles. The number of hydrogen-bond donors (Lipinski definition) is 1. The van der Waals surface area contributed by atoms with E-state index in [9.17, 15) is 4.39 Å². The summed E-state index contributed by atoms with van der Waals surface area (Å²) < 4.78 is 12.6. The molecule has 0 amide bonds. The lowest BCUT2D eigenvalue weighted by atomic mass is 10.1. The quantitative estimate of drug-likeness (QED) is 0.694. The molecule has 3 heteroatoms. The second kappa shape index (κ2) is 3.09. The summed E-state index contributed by atoms with van der Waals surface area (Å²) in [4.78, 5) is 0. The fraction of sp³-hybridized carbons (Fsp3) is 0.250. The molecule has 1 aromatic rings. The van der Waals surface area contributed by atoms with Gasteiger partial charge in [0.15, 0.2) is 11.6 Å². The van der Waals surface area contributed by atoms with E-state index in [-0.39, 0.29) is 5.75 Å². The second-order valence-corrected chi connectivity index (χ2v) is 2.66. The minimum Gasteiger partial charge on any atom is -0.505 e. The summed E-state index contributed by atoms with van der Waals surface area (Å²) in [6.45, 7) is 1.89. The summed E-state index contributed by atoms with van der Waals surface area (Å²) >= 11 is 5.65. The maximum Gasteiger partial charge on any atom is 0.166 e. The van der Waals surface area contributed by atoms with Crippen molar-refractivity contribution in [2.45, 2.75) is 13.3 Å². The molecule has 60 valence electrons. The van der Waals surface area contributed by atoms with E-state index in [4.69, 9.17) is 16.7 Å². The predicted octanol–water partition coefficient (Wildman–Crippen LogP) is 2.75. The molecule has 1 rings (SSSR count). The van der Waals surface area contributed by atoms with E-state index in [0.29, 0.717) is 11.4 Å². The molecule has 11 heavy (non-hydrogen) atoms. The third-order valence-corrected chi connectivity index (χ3v) is 1.85. The molecule has 0 aliphatic carbocycles. The molecule has 0 bridgehead atoms. The van der Waals surface area contributed by atoms with E-state index in [0.717, 1.165) is 11.6 Å². The van der Waals surface area contributed by atoms with Gasteiger partial charge in [0.2, 0.25) is 0 Å². The Labute approximate surface area is 69.4 Å². The van der Waals surface area contributed by atoms with Crippen molar-refractivity contribution in [1.29, 1.82) is 0 Å². The Balaban J connectivity index is 3.21. The first kappa shape index (κ1) is 8.34. The van der Waals surface area contributed by atoms with Crippen LogP contribution in [0, 0.1) is 5.82 Å². The third kappa shape index (κ3) is 1.63. The lowest BCUT2D eigenvalue weighted by Gasteiger charge is -2.01. The lowest BCUT2D eigenvalue weighted by molar-refractivity contribution is 0.431. The minimum absolute atomic E-state index is 0.341. The molecular weight excluding hydrogens is 167 g/mol. The number of halogens is 2. The molecule has 0 aliphatic rings. The van der Waals surface area contributed by atoms with E-state index in [1.807, 2.05) is 6.92 Å². The number of rotatable bonds is 1. The van der Waals surface area contributed by atoms with Crippen molar-refractivity contribution in [2.75, 3.05) is 0 Å². The summed E-state index contributed by atoms with van der Waals surface area (Å²) in [5.74, 6) is -1.02. The minimum atomic E-state index is -0.674. The second-order valence-electron chi connectivity index (χ2n) is 2.25. The Morgan fingerprint density at radius 2 is 2.18 bits per heavy atom. The number of aryl methyl sites for hydroxylation is 1. The Kier molecular flexibility index (Phi) is 2.35. The first-order chi connectivity index (χ1) is 5.15. The average Bonchev–Trinajstić information content (AvgIpc) is 1.97. The molecule has 0 aromatic heterocycles. The van der Waals surface area contributed by atoms with Gasteiger partial charge in [-0.15, -0.1) is 0 Å². The van der Waals surface area contributed by atoms with Crippen LogP contribution in [0.3, 0.4) is 0 Å². The molecular formula is C8H8ClFO. The summed E-state index contributed by atoms with van der Waals surface area (Å²) in [6.07, 6.45) is 0.687. The van der Waals surface area contributed by atoms with E-state index in [1.165, 1.54) is 6.07 Å². The molecule has 1 aromatic carbocycles. The standard InChI is InChI=1S/C8H8ClFO/c1-2-5-3-8(11)7(10)4-6(5)9/h3-4,11H,2H2,1H3. The third-order valence-electron chi connectivity index (χ3n) is 1.50. The van der Waals surface area contributed by atoms with Crippen molar-refractivity contribution in [2.24, 2.45) is 0 Å². The smallest absolute Gasteiger partial charge is 0.166 e. The Morgan fingerprint density at radius 1 is 1.55 bits per heavy atom. The summed E-state index contributed by atoms with van der Waals surface area (Å²) in [6, 6.07) is 2.47. The van der Waals surface area contributed by atoms with E-state index < -0.39 is 5.82 Å². The molecule has 0 aliphatic heterocycles. The van der Waals surface area contributed by atoms with Crippen LogP contribution in [0.1, 0.15) is 12.5 Å². The Hall–Kier alpha value is -0.760. The highest BCUT2D eigenvalue weighted by Crippen LogP contribution is 2.24. The Morgan fingerprint density at radius 3 is 2.73 bits per heavy atom. The topological polar surface area (TPSA) is 20.2 Å². The van der Waals surface area contributed by atoms with Crippen LogP contribution >= 0.6 is 11.6 Å². The highest BCUT2D eigenvalue weighted by Gasteiger charge is 2.04.